The van der Waals surface area contributed by atoms with Crippen molar-refractivity contribution in [1.29, 1.82) is 0 Å². The number of rotatable bonds is 10. The van der Waals surface area contributed by atoms with Crippen molar-refractivity contribution in [2.45, 2.75) is 58.1 Å². The fourth-order valence-electron chi connectivity index (χ4n) is 2.47. The van der Waals surface area contributed by atoms with E-state index in [2.05, 4.69) is 30.3 Å². The van der Waals surface area contributed by atoms with E-state index >= 15 is 0 Å². The lowest BCUT2D eigenvalue weighted by Crippen LogP contribution is -2.41. The highest BCUT2D eigenvalue weighted by molar-refractivity contribution is 5.00. The van der Waals surface area contributed by atoms with Crippen molar-refractivity contribution in [3.05, 3.63) is 18.0 Å². The minimum absolute atomic E-state index is 0.310. The largest absolute Gasteiger partial charge is 0.380 e. The lowest BCUT2D eigenvalue weighted by molar-refractivity contribution is 0.0581. The molecule has 1 heterocycles. The lowest BCUT2D eigenvalue weighted by Gasteiger charge is -2.27. The van der Waals surface area contributed by atoms with E-state index in [1.165, 1.54) is 5.69 Å². The molecule has 1 aromatic rings. The SMILES string of the molecule is CCCNC(CCc1ccnn1C)C(CCC)OC. The van der Waals surface area contributed by atoms with Crippen LogP contribution in [0.3, 0.4) is 0 Å². The molecular formula is C15H29N3O. The summed E-state index contributed by atoms with van der Waals surface area (Å²) in [6, 6.07) is 2.53. The van der Waals surface area contributed by atoms with Gasteiger partial charge in [-0.1, -0.05) is 20.3 Å². The van der Waals surface area contributed by atoms with Crippen LogP contribution in [0.4, 0.5) is 0 Å². The summed E-state index contributed by atoms with van der Waals surface area (Å²) < 4.78 is 7.62. The van der Waals surface area contributed by atoms with Gasteiger partial charge in [-0.25, -0.2) is 0 Å². The van der Waals surface area contributed by atoms with E-state index in [9.17, 15) is 0 Å². The molecule has 0 spiro atoms. The molecule has 0 aromatic carbocycles. The Morgan fingerprint density at radius 3 is 2.63 bits per heavy atom. The molecule has 19 heavy (non-hydrogen) atoms. The van der Waals surface area contributed by atoms with Gasteiger partial charge in [-0.15, -0.1) is 0 Å². The zero-order valence-corrected chi connectivity index (χ0v) is 12.9. The second kappa shape index (κ2) is 9.10. The fraction of sp³-hybridized carbons (Fsp3) is 0.800. The van der Waals surface area contributed by atoms with Crippen LogP contribution in [0, 0.1) is 0 Å². The molecule has 4 heteroatoms. The van der Waals surface area contributed by atoms with Crippen molar-refractivity contribution in [2.24, 2.45) is 7.05 Å². The van der Waals surface area contributed by atoms with Gasteiger partial charge in [0.25, 0.3) is 0 Å². The summed E-state index contributed by atoms with van der Waals surface area (Å²) >= 11 is 0. The normalized spacial score (nSPS) is 14.5. The molecule has 0 radical (unpaired) electrons. The first kappa shape index (κ1) is 16.2. The van der Waals surface area contributed by atoms with Crippen molar-refractivity contribution >= 4 is 0 Å². The summed E-state index contributed by atoms with van der Waals surface area (Å²) in [6.45, 7) is 5.47. The molecule has 0 aliphatic rings. The van der Waals surface area contributed by atoms with E-state index in [0.29, 0.717) is 12.1 Å². The van der Waals surface area contributed by atoms with E-state index in [1.54, 1.807) is 0 Å². The molecule has 2 atom stereocenters. The number of nitrogens with one attached hydrogen (secondary N) is 1. The van der Waals surface area contributed by atoms with Gasteiger partial charge >= 0.3 is 0 Å². The summed E-state index contributed by atoms with van der Waals surface area (Å²) in [7, 11) is 3.83. The highest BCUT2D eigenvalue weighted by Crippen LogP contribution is 2.13. The molecule has 0 aliphatic heterocycles. The molecule has 0 aliphatic carbocycles. The Morgan fingerprint density at radius 1 is 1.32 bits per heavy atom. The van der Waals surface area contributed by atoms with Gasteiger partial charge in [0.15, 0.2) is 0 Å². The third-order valence-corrected chi connectivity index (χ3v) is 3.62. The summed E-state index contributed by atoms with van der Waals surface area (Å²) in [4.78, 5) is 0. The molecule has 0 bridgehead atoms. The number of hydrogen-bond donors (Lipinski definition) is 1. The first-order valence-electron chi connectivity index (χ1n) is 7.45. The number of methoxy groups -OCH3 is 1. The van der Waals surface area contributed by atoms with E-state index < -0.39 is 0 Å². The monoisotopic (exact) mass is 267 g/mol. The van der Waals surface area contributed by atoms with Gasteiger partial charge in [-0.3, -0.25) is 4.68 Å². The van der Waals surface area contributed by atoms with Crippen LogP contribution >= 0.6 is 0 Å². The van der Waals surface area contributed by atoms with Crippen LogP contribution in [0.15, 0.2) is 12.3 Å². The highest BCUT2D eigenvalue weighted by Gasteiger charge is 2.20. The topological polar surface area (TPSA) is 39.1 Å². The van der Waals surface area contributed by atoms with Crippen molar-refractivity contribution in [2.75, 3.05) is 13.7 Å². The molecule has 0 fully saturated rings. The number of hydrogen-bond acceptors (Lipinski definition) is 3. The van der Waals surface area contributed by atoms with Crippen LogP contribution in [0.5, 0.6) is 0 Å². The van der Waals surface area contributed by atoms with Crippen molar-refractivity contribution in [3.63, 3.8) is 0 Å². The second-order valence-electron chi connectivity index (χ2n) is 5.11. The summed E-state index contributed by atoms with van der Waals surface area (Å²) in [5.41, 5.74) is 1.29. The lowest BCUT2D eigenvalue weighted by atomic mass is 10.00. The van der Waals surface area contributed by atoms with Gasteiger partial charge < -0.3 is 10.1 Å². The standard InChI is InChI=1S/C15H29N3O/c1-5-7-15(19-4)14(16-11-6-2)9-8-13-10-12-17-18(13)3/h10,12,14-16H,5-9,11H2,1-4H3. The van der Waals surface area contributed by atoms with Crippen LogP contribution in [-0.4, -0.2) is 35.6 Å². The highest BCUT2D eigenvalue weighted by atomic mass is 16.5. The minimum atomic E-state index is 0.310. The van der Waals surface area contributed by atoms with Gasteiger partial charge in [0, 0.05) is 32.1 Å². The molecule has 1 N–H and O–H groups in total. The van der Waals surface area contributed by atoms with Crippen LogP contribution in [0.1, 0.15) is 45.2 Å². The minimum Gasteiger partial charge on any atom is -0.380 e. The Kier molecular flexibility index (Phi) is 7.75. The number of ether oxygens (including phenoxy) is 1. The first-order valence-corrected chi connectivity index (χ1v) is 7.45. The van der Waals surface area contributed by atoms with Gasteiger partial charge in [-0.05, 0) is 38.3 Å². The van der Waals surface area contributed by atoms with Gasteiger partial charge in [0.1, 0.15) is 0 Å². The molecular weight excluding hydrogens is 238 g/mol. The van der Waals surface area contributed by atoms with Crippen LogP contribution < -0.4 is 5.32 Å². The maximum Gasteiger partial charge on any atom is 0.0724 e. The summed E-state index contributed by atoms with van der Waals surface area (Å²) in [5.74, 6) is 0. The number of aryl methyl sites for hydroxylation is 2. The third-order valence-electron chi connectivity index (χ3n) is 3.62. The molecule has 0 saturated heterocycles. The molecule has 2 unspecified atom stereocenters. The Labute approximate surface area is 117 Å². The number of nitrogens with zero attached hydrogens (tertiary/aromatic N) is 2. The third kappa shape index (κ3) is 5.33. The van der Waals surface area contributed by atoms with Crippen molar-refractivity contribution < 1.29 is 4.74 Å². The first-order chi connectivity index (χ1) is 9.22. The Bertz CT molecular complexity index is 338. The Morgan fingerprint density at radius 2 is 2.11 bits per heavy atom. The molecule has 4 nitrogen and oxygen atoms in total. The number of aromatic nitrogens is 2. The van der Waals surface area contributed by atoms with E-state index in [-0.39, 0.29) is 0 Å². The Balaban J connectivity index is 2.55. The predicted octanol–water partition coefficient (Wildman–Crippen LogP) is 2.54. The average Bonchev–Trinajstić information content (AvgIpc) is 2.82. The molecule has 110 valence electrons. The van der Waals surface area contributed by atoms with Crippen molar-refractivity contribution in [3.8, 4) is 0 Å². The Hall–Kier alpha value is -0.870. The van der Waals surface area contributed by atoms with Crippen LogP contribution in [0.25, 0.3) is 0 Å². The van der Waals surface area contributed by atoms with Gasteiger partial charge in [0.05, 0.1) is 6.10 Å². The van der Waals surface area contributed by atoms with Crippen LogP contribution in [0.2, 0.25) is 0 Å². The maximum absolute atomic E-state index is 5.67. The van der Waals surface area contributed by atoms with Crippen LogP contribution in [-0.2, 0) is 18.2 Å². The van der Waals surface area contributed by atoms with E-state index in [0.717, 1.165) is 38.6 Å². The molecule has 0 amide bonds. The predicted molar refractivity (Wildman–Crippen MR) is 79.3 cm³/mol. The summed E-state index contributed by atoms with van der Waals surface area (Å²) in [5, 5.41) is 7.86. The van der Waals surface area contributed by atoms with Gasteiger partial charge in [-0.2, -0.15) is 5.10 Å². The molecule has 0 saturated carbocycles. The zero-order valence-electron chi connectivity index (χ0n) is 12.9. The smallest absolute Gasteiger partial charge is 0.0724 e. The molecule has 1 rings (SSSR count). The van der Waals surface area contributed by atoms with E-state index in [4.69, 9.17) is 4.74 Å². The van der Waals surface area contributed by atoms with Gasteiger partial charge in [0.2, 0.25) is 0 Å². The van der Waals surface area contributed by atoms with E-state index in [1.807, 2.05) is 25.0 Å². The van der Waals surface area contributed by atoms with Crippen molar-refractivity contribution in [1.82, 2.24) is 15.1 Å². The molecule has 1 aromatic heterocycles. The quantitative estimate of drug-likeness (QED) is 0.708. The average molecular weight is 267 g/mol. The fourth-order valence-corrected chi connectivity index (χ4v) is 2.47. The summed E-state index contributed by atoms with van der Waals surface area (Å²) in [6.07, 6.45) is 7.75. The zero-order chi connectivity index (χ0) is 14.1. The maximum atomic E-state index is 5.67. The second-order valence-corrected chi connectivity index (χ2v) is 5.11.